The number of piperidine rings is 3. The van der Waals surface area contributed by atoms with E-state index in [1.165, 1.54) is 12.8 Å². The highest BCUT2D eigenvalue weighted by Gasteiger charge is 2.39. The number of likely N-dealkylation sites (tertiary alicyclic amines) is 1. The van der Waals surface area contributed by atoms with Crippen molar-refractivity contribution >= 4 is 76.3 Å². The number of methoxy groups -OCH3 is 1. The van der Waals surface area contributed by atoms with Crippen LogP contribution in [0.4, 0.5) is 34.5 Å². The minimum Gasteiger partial charge on any atom is -0.494 e. The van der Waals surface area contributed by atoms with Gasteiger partial charge >= 0.3 is 0 Å². The molecule has 64 heavy (non-hydrogen) atoms. The highest BCUT2D eigenvalue weighted by atomic mass is 35.5. The van der Waals surface area contributed by atoms with Crippen LogP contribution in [0.5, 0.6) is 5.75 Å². The van der Waals surface area contributed by atoms with Gasteiger partial charge in [-0.25, -0.2) is 4.98 Å². The van der Waals surface area contributed by atoms with Crippen molar-refractivity contribution in [2.45, 2.75) is 57.2 Å². The average Bonchev–Trinajstić information content (AvgIpc) is 3.62. The van der Waals surface area contributed by atoms with Gasteiger partial charge in [-0.15, -0.1) is 0 Å². The molecule has 15 nitrogen and oxygen atoms in total. The molecule has 9 rings (SSSR count). The van der Waals surface area contributed by atoms with Crippen molar-refractivity contribution in [2.24, 2.45) is 5.92 Å². The summed E-state index contributed by atoms with van der Waals surface area (Å²) in [6.45, 7) is 13.2. The summed E-state index contributed by atoms with van der Waals surface area (Å²) in [6.07, 6.45) is 6.82. The minimum absolute atomic E-state index is 0.117. The Hall–Kier alpha value is -5.21. The van der Waals surface area contributed by atoms with E-state index in [-0.39, 0.29) is 24.1 Å². The van der Waals surface area contributed by atoms with Gasteiger partial charge in [-0.05, 0) is 106 Å². The number of ether oxygens (including phenoxy) is 1. The Balaban J connectivity index is 0.720. The SMILES string of the molecule is COc1cc(N2CCN(C3CCN(CC4CCN(c5ccc6c(c5)C(=O)N(C5CCC(=O)NC5=O)C6)CC4)CC3)CC2)ccc1Nc1ncc(Cl)c(Nc2ccccc2P(C)(C)=O)n1. The van der Waals surface area contributed by atoms with Gasteiger partial charge in [0.15, 0.2) is 5.82 Å². The van der Waals surface area contributed by atoms with Crippen LogP contribution in [0.2, 0.25) is 5.02 Å². The van der Waals surface area contributed by atoms with Crippen molar-refractivity contribution in [3.63, 3.8) is 0 Å². The number of nitrogens with one attached hydrogen (secondary N) is 3. The number of fused-ring (bicyclic) bond motifs is 1. The van der Waals surface area contributed by atoms with E-state index in [0.29, 0.717) is 58.7 Å². The highest BCUT2D eigenvalue weighted by molar-refractivity contribution is 7.70. The van der Waals surface area contributed by atoms with E-state index in [2.05, 4.69) is 63.7 Å². The van der Waals surface area contributed by atoms with E-state index >= 15 is 0 Å². The smallest absolute Gasteiger partial charge is 0.255 e. The van der Waals surface area contributed by atoms with Crippen molar-refractivity contribution in [1.29, 1.82) is 0 Å². The van der Waals surface area contributed by atoms with Gasteiger partial charge in [-0.1, -0.05) is 29.8 Å². The molecule has 0 spiro atoms. The highest BCUT2D eigenvalue weighted by Crippen LogP contribution is 2.39. The fraction of sp³-hybridized carbons (Fsp3) is 0.468. The van der Waals surface area contributed by atoms with Crippen molar-refractivity contribution in [3.8, 4) is 5.75 Å². The third-order valence-electron chi connectivity index (χ3n) is 13.7. The molecule has 1 unspecified atom stereocenters. The molecule has 3 amide bonds. The number of amides is 3. The predicted molar refractivity (Wildman–Crippen MR) is 253 cm³/mol. The molecule has 1 aromatic heterocycles. The zero-order valence-corrected chi connectivity index (χ0v) is 38.5. The molecule has 3 N–H and O–H groups in total. The summed E-state index contributed by atoms with van der Waals surface area (Å²) in [7, 11) is -0.879. The Morgan fingerprint density at radius 1 is 0.828 bits per heavy atom. The third-order valence-corrected chi connectivity index (χ3v) is 15.5. The molecule has 0 bridgehead atoms. The lowest BCUT2D eigenvalue weighted by molar-refractivity contribution is -0.136. The second-order valence-electron chi connectivity index (χ2n) is 18.1. The number of hydrogen-bond acceptors (Lipinski definition) is 13. The van der Waals surface area contributed by atoms with Gasteiger partial charge < -0.3 is 39.5 Å². The Bertz CT molecular complexity index is 2440. The van der Waals surface area contributed by atoms with Crippen LogP contribution in [0.15, 0.2) is 66.9 Å². The summed E-state index contributed by atoms with van der Waals surface area (Å²) in [6, 6.07) is 19.8. The van der Waals surface area contributed by atoms with Gasteiger partial charge in [0.05, 0.1) is 24.7 Å². The molecule has 3 aromatic carbocycles. The Morgan fingerprint density at radius 2 is 1.55 bits per heavy atom. The zero-order valence-electron chi connectivity index (χ0n) is 36.9. The van der Waals surface area contributed by atoms with Gasteiger partial charge in [-0.2, -0.15) is 4.98 Å². The summed E-state index contributed by atoms with van der Waals surface area (Å²) in [5.41, 5.74) is 5.24. The van der Waals surface area contributed by atoms with Crippen LogP contribution in [-0.2, 0) is 20.7 Å². The standard InChI is InChI=1S/C47H58ClN10O5P/c1-63-41-27-35(10-11-38(41)51-47-49-28-37(48)44(53-47)50-39-6-4-5-7-42(39)64(2,3)62)57-24-22-56(23-25-57)33-16-18-54(19-17-33)29-31-14-20-55(21-15-31)34-9-8-32-30-58(46(61)36(32)26-34)40-12-13-43(59)52-45(40)60/h4-11,26-28,31,33,40H,12-25,29-30H2,1-3H3,(H,52,59,60)(H2,49,50,51,53). The van der Waals surface area contributed by atoms with E-state index in [1.807, 2.05) is 42.5 Å². The number of piperazine rings is 1. The third kappa shape index (κ3) is 9.59. The predicted octanol–water partition coefficient (Wildman–Crippen LogP) is 6.14. The molecule has 5 aliphatic rings. The van der Waals surface area contributed by atoms with Crippen molar-refractivity contribution in [3.05, 3.63) is 83.0 Å². The molecule has 4 aromatic rings. The monoisotopic (exact) mass is 908 g/mol. The number of hydrogen-bond donors (Lipinski definition) is 3. The number of imide groups is 1. The molecular weight excluding hydrogens is 851 g/mol. The second kappa shape index (κ2) is 18.7. The van der Waals surface area contributed by atoms with E-state index in [0.717, 1.165) is 99.7 Å². The van der Waals surface area contributed by atoms with Crippen molar-refractivity contribution in [1.82, 2.24) is 30.0 Å². The summed E-state index contributed by atoms with van der Waals surface area (Å²) >= 11 is 6.50. The maximum absolute atomic E-state index is 13.4. The van der Waals surface area contributed by atoms with Gasteiger partial charge in [0.1, 0.15) is 24.0 Å². The van der Waals surface area contributed by atoms with Gasteiger partial charge in [0, 0.05) is 93.1 Å². The maximum Gasteiger partial charge on any atom is 0.255 e. The molecule has 0 radical (unpaired) electrons. The maximum atomic E-state index is 13.4. The number of rotatable bonds is 12. The molecule has 4 saturated heterocycles. The lowest BCUT2D eigenvalue weighted by Crippen LogP contribution is -2.53. The van der Waals surface area contributed by atoms with Crippen LogP contribution < -0.4 is 35.8 Å². The number of carbonyl (C=O) groups excluding carboxylic acids is 3. The first-order valence-corrected chi connectivity index (χ1v) is 25.5. The molecule has 1 atom stereocenters. The normalized spacial score (nSPS) is 20.7. The largest absolute Gasteiger partial charge is 0.494 e. The number of anilines is 6. The van der Waals surface area contributed by atoms with Gasteiger partial charge in [0.2, 0.25) is 17.8 Å². The van der Waals surface area contributed by atoms with Crippen LogP contribution in [0, 0.1) is 5.92 Å². The van der Waals surface area contributed by atoms with Crippen LogP contribution in [0.25, 0.3) is 0 Å². The number of para-hydroxylation sites is 1. The summed E-state index contributed by atoms with van der Waals surface area (Å²) in [5, 5.41) is 10.0. The topological polar surface area (TPSA) is 156 Å². The molecule has 17 heteroatoms. The fourth-order valence-corrected chi connectivity index (χ4v) is 11.4. The molecule has 338 valence electrons. The number of benzene rings is 3. The van der Waals surface area contributed by atoms with Crippen LogP contribution >= 0.6 is 18.7 Å². The molecular formula is C47H58ClN10O5P. The Labute approximate surface area is 380 Å². The van der Waals surface area contributed by atoms with Crippen molar-refractivity contribution < 1.29 is 23.7 Å². The number of nitrogens with zero attached hydrogens (tertiary/aromatic N) is 7. The lowest BCUT2D eigenvalue weighted by Gasteiger charge is -2.44. The van der Waals surface area contributed by atoms with Gasteiger partial charge in [-0.3, -0.25) is 24.6 Å². The van der Waals surface area contributed by atoms with E-state index in [1.54, 1.807) is 31.5 Å². The van der Waals surface area contributed by atoms with Crippen LogP contribution in [-0.4, -0.2) is 134 Å². The van der Waals surface area contributed by atoms with Crippen molar-refractivity contribution in [2.75, 3.05) is 99.8 Å². The first-order chi connectivity index (χ1) is 30.9. The van der Waals surface area contributed by atoms with Gasteiger partial charge in [0.25, 0.3) is 5.91 Å². The number of halogens is 1. The summed E-state index contributed by atoms with van der Waals surface area (Å²) in [4.78, 5) is 58.4. The number of aromatic nitrogens is 2. The minimum atomic E-state index is -2.55. The molecule has 6 heterocycles. The molecule has 0 aliphatic carbocycles. The number of carbonyl (C=O) groups is 3. The second-order valence-corrected chi connectivity index (χ2v) is 21.7. The first kappa shape index (κ1) is 44.0. The molecule has 4 fully saturated rings. The summed E-state index contributed by atoms with van der Waals surface area (Å²) < 4.78 is 18.8. The lowest BCUT2D eigenvalue weighted by atomic mass is 9.94. The fourth-order valence-electron chi connectivity index (χ4n) is 10.1. The molecule has 5 aliphatic heterocycles. The van der Waals surface area contributed by atoms with E-state index < -0.39 is 13.2 Å². The van der Waals surface area contributed by atoms with Crippen LogP contribution in [0.3, 0.4) is 0 Å². The van der Waals surface area contributed by atoms with Crippen LogP contribution in [0.1, 0.15) is 54.4 Å². The Morgan fingerprint density at radius 3 is 2.28 bits per heavy atom. The molecule has 0 saturated carbocycles. The first-order valence-electron chi connectivity index (χ1n) is 22.5. The quantitative estimate of drug-likeness (QED) is 0.110. The average molecular weight is 909 g/mol. The summed E-state index contributed by atoms with van der Waals surface area (Å²) in [5.74, 6) is 1.35. The Kier molecular flexibility index (Phi) is 12.9. The zero-order chi connectivity index (χ0) is 44.5. The van der Waals surface area contributed by atoms with E-state index in [4.69, 9.17) is 16.3 Å². The van der Waals surface area contributed by atoms with E-state index in [9.17, 15) is 18.9 Å².